The Bertz CT molecular complexity index is 344. The van der Waals surface area contributed by atoms with Crippen LogP contribution < -0.4 is 0 Å². The van der Waals surface area contributed by atoms with Crippen LogP contribution in [0.4, 0.5) is 0 Å². The summed E-state index contributed by atoms with van der Waals surface area (Å²) in [5, 5.41) is 0. The molecule has 0 spiro atoms. The monoisotopic (exact) mass is 200 g/mol. The molecule has 1 unspecified atom stereocenters. The van der Waals surface area contributed by atoms with Gasteiger partial charge in [0.2, 0.25) is 0 Å². The van der Waals surface area contributed by atoms with Crippen LogP contribution >= 0.6 is 0 Å². The Morgan fingerprint density at radius 2 is 1.93 bits per heavy atom. The molecule has 0 bridgehead atoms. The van der Waals surface area contributed by atoms with E-state index in [1.807, 2.05) is 6.07 Å². The van der Waals surface area contributed by atoms with E-state index in [0.29, 0.717) is 5.92 Å². The van der Waals surface area contributed by atoms with Gasteiger partial charge in [-0.05, 0) is 29.6 Å². The fourth-order valence-electron chi connectivity index (χ4n) is 1.51. The van der Waals surface area contributed by atoms with Crippen LogP contribution in [-0.2, 0) is 0 Å². The molecule has 0 aliphatic heterocycles. The SMILES string of the molecule is C=C(/C(C)=C\C(C)CC)c1ccccc1. The standard InChI is InChI=1S/C15H20/c1-5-12(2)11-13(3)14(4)15-9-7-6-8-10-15/h6-12H,4-5H2,1-3H3/b13-11-. The molecule has 0 aliphatic carbocycles. The molecule has 0 heteroatoms. The van der Waals surface area contributed by atoms with Gasteiger partial charge in [-0.1, -0.05) is 63.3 Å². The van der Waals surface area contributed by atoms with Gasteiger partial charge in [0.25, 0.3) is 0 Å². The lowest BCUT2D eigenvalue weighted by Crippen LogP contribution is -1.90. The van der Waals surface area contributed by atoms with Gasteiger partial charge in [-0.15, -0.1) is 0 Å². The minimum atomic E-state index is 0.630. The molecule has 0 fully saturated rings. The quantitative estimate of drug-likeness (QED) is 0.618. The Labute approximate surface area is 93.3 Å². The third kappa shape index (κ3) is 3.39. The maximum absolute atomic E-state index is 4.14. The van der Waals surface area contributed by atoms with Crippen molar-refractivity contribution in [3.05, 3.63) is 54.1 Å². The zero-order valence-electron chi connectivity index (χ0n) is 9.96. The van der Waals surface area contributed by atoms with Gasteiger partial charge < -0.3 is 0 Å². The zero-order valence-corrected chi connectivity index (χ0v) is 9.96. The molecule has 15 heavy (non-hydrogen) atoms. The lowest BCUT2D eigenvalue weighted by Gasteiger charge is -2.09. The average Bonchev–Trinajstić information content (AvgIpc) is 2.29. The molecule has 0 radical (unpaired) electrons. The van der Waals surface area contributed by atoms with E-state index in [4.69, 9.17) is 0 Å². The van der Waals surface area contributed by atoms with Crippen molar-refractivity contribution in [3.63, 3.8) is 0 Å². The van der Waals surface area contributed by atoms with Crippen LogP contribution in [0, 0.1) is 5.92 Å². The van der Waals surface area contributed by atoms with Crippen molar-refractivity contribution >= 4 is 5.57 Å². The molecule has 1 rings (SSSR count). The zero-order chi connectivity index (χ0) is 11.3. The molecule has 1 atom stereocenters. The van der Waals surface area contributed by atoms with Crippen molar-refractivity contribution in [2.45, 2.75) is 27.2 Å². The highest BCUT2D eigenvalue weighted by Crippen LogP contribution is 2.22. The van der Waals surface area contributed by atoms with E-state index < -0.39 is 0 Å². The van der Waals surface area contributed by atoms with Crippen molar-refractivity contribution in [1.82, 2.24) is 0 Å². The van der Waals surface area contributed by atoms with Crippen molar-refractivity contribution in [2.24, 2.45) is 5.92 Å². The molecule has 0 amide bonds. The van der Waals surface area contributed by atoms with Crippen LogP contribution in [-0.4, -0.2) is 0 Å². The minimum Gasteiger partial charge on any atom is -0.0909 e. The third-order valence-electron chi connectivity index (χ3n) is 2.78. The highest BCUT2D eigenvalue weighted by Gasteiger charge is 2.01. The molecule has 0 saturated heterocycles. The van der Waals surface area contributed by atoms with Crippen LogP contribution in [0.15, 0.2) is 48.6 Å². The van der Waals surface area contributed by atoms with Gasteiger partial charge >= 0.3 is 0 Å². The Morgan fingerprint density at radius 1 is 1.33 bits per heavy atom. The summed E-state index contributed by atoms with van der Waals surface area (Å²) in [6, 6.07) is 10.4. The van der Waals surface area contributed by atoms with E-state index in [0.717, 1.165) is 5.57 Å². The molecule has 0 aliphatic rings. The predicted octanol–water partition coefficient (Wildman–Crippen LogP) is 4.69. The van der Waals surface area contributed by atoms with E-state index in [1.165, 1.54) is 17.6 Å². The normalized spacial score (nSPS) is 13.7. The molecule has 0 aromatic heterocycles. The van der Waals surface area contributed by atoms with E-state index in [9.17, 15) is 0 Å². The molecule has 1 aromatic carbocycles. The van der Waals surface area contributed by atoms with Gasteiger partial charge in [0.05, 0.1) is 0 Å². The Kier molecular flexibility index (Phi) is 4.36. The van der Waals surface area contributed by atoms with E-state index in [-0.39, 0.29) is 0 Å². The minimum absolute atomic E-state index is 0.630. The summed E-state index contributed by atoms with van der Waals surface area (Å²) in [6.45, 7) is 10.7. The van der Waals surface area contributed by atoms with Gasteiger partial charge in [0.15, 0.2) is 0 Å². The molecule has 0 N–H and O–H groups in total. The number of allylic oxidation sites excluding steroid dienone is 3. The lowest BCUT2D eigenvalue weighted by atomic mass is 9.97. The maximum Gasteiger partial charge on any atom is -0.0187 e. The second kappa shape index (κ2) is 5.55. The summed E-state index contributed by atoms with van der Waals surface area (Å²) < 4.78 is 0. The molecule has 1 aromatic rings. The van der Waals surface area contributed by atoms with E-state index in [1.54, 1.807) is 0 Å². The number of hydrogen-bond acceptors (Lipinski definition) is 0. The van der Waals surface area contributed by atoms with Crippen LogP contribution in [0.2, 0.25) is 0 Å². The van der Waals surface area contributed by atoms with Gasteiger partial charge in [-0.3, -0.25) is 0 Å². The lowest BCUT2D eigenvalue weighted by molar-refractivity contribution is 0.695. The average molecular weight is 200 g/mol. The van der Waals surface area contributed by atoms with Crippen molar-refractivity contribution < 1.29 is 0 Å². The van der Waals surface area contributed by atoms with Crippen LogP contribution in [0.1, 0.15) is 32.8 Å². The van der Waals surface area contributed by atoms with E-state index in [2.05, 4.69) is 57.7 Å². The summed E-state index contributed by atoms with van der Waals surface area (Å²) in [5.41, 5.74) is 3.64. The largest absolute Gasteiger partial charge is 0.0909 e. The van der Waals surface area contributed by atoms with Crippen LogP contribution in [0.3, 0.4) is 0 Å². The Hall–Kier alpha value is -1.30. The summed E-state index contributed by atoms with van der Waals surface area (Å²) in [4.78, 5) is 0. The molecule has 80 valence electrons. The Balaban J connectivity index is 2.82. The van der Waals surface area contributed by atoms with Crippen molar-refractivity contribution in [1.29, 1.82) is 0 Å². The first-order valence-corrected chi connectivity index (χ1v) is 5.58. The fourth-order valence-corrected chi connectivity index (χ4v) is 1.51. The number of benzene rings is 1. The molecular formula is C15H20. The van der Waals surface area contributed by atoms with Crippen molar-refractivity contribution in [3.8, 4) is 0 Å². The summed E-state index contributed by atoms with van der Waals surface area (Å²) in [5.74, 6) is 0.630. The van der Waals surface area contributed by atoms with Gasteiger partial charge in [-0.25, -0.2) is 0 Å². The van der Waals surface area contributed by atoms with Gasteiger partial charge in [-0.2, -0.15) is 0 Å². The first kappa shape index (κ1) is 11.8. The first-order chi connectivity index (χ1) is 7.15. The second-order valence-electron chi connectivity index (χ2n) is 4.08. The van der Waals surface area contributed by atoms with Crippen LogP contribution in [0.5, 0.6) is 0 Å². The highest BCUT2D eigenvalue weighted by molar-refractivity contribution is 5.76. The molecular weight excluding hydrogens is 180 g/mol. The highest BCUT2D eigenvalue weighted by atomic mass is 14.1. The summed E-state index contributed by atoms with van der Waals surface area (Å²) >= 11 is 0. The number of hydrogen-bond donors (Lipinski definition) is 0. The summed E-state index contributed by atoms with van der Waals surface area (Å²) in [6.07, 6.45) is 3.48. The van der Waals surface area contributed by atoms with Gasteiger partial charge in [0, 0.05) is 0 Å². The van der Waals surface area contributed by atoms with Gasteiger partial charge in [0.1, 0.15) is 0 Å². The first-order valence-electron chi connectivity index (χ1n) is 5.58. The molecule has 0 nitrogen and oxygen atoms in total. The second-order valence-corrected chi connectivity index (χ2v) is 4.08. The Morgan fingerprint density at radius 3 is 2.47 bits per heavy atom. The maximum atomic E-state index is 4.14. The van der Waals surface area contributed by atoms with E-state index >= 15 is 0 Å². The molecule has 0 heterocycles. The summed E-state index contributed by atoms with van der Waals surface area (Å²) in [7, 11) is 0. The predicted molar refractivity (Wildman–Crippen MR) is 68.7 cm³/mol. The number of rotatable bonds is 4. The van der Waals surface area contributed by atoms with Crippen LogP contribution in [0.25, 0.3) is 5.57 Å². The topological polar surface area (TPSA) is 0 Å². The van der Waals surface area contributed by atoms with Crippen molar-refractivity contribution in [2.75, 3.05) is 0 Å². The fraction of sp³-hybridized carbons (Fsp3) is 0.333. The molecule has 0 saturated carbocycles. The third-order valence-corrected chi connectivity index (χ3v) is 2.78. The smallest absolute Gasteiger partial charge is 0.0187 e.